The van der Waals surface area contributed by atoms with E-state index in [0.717, 1.165) is 11.8 Å². The summed E-state index contributed by atoms with van der Waals surface area (Å²) in [5, 5.41) is 11.7. The summed E-state index contributed by atoms with van der Waals surface area (Å²) < 4.78 is 6.42. The number of aryl methyl sites for hydroxylation is 1. The normalized spacial score (nSPS) is 10.1. The van der Waals surface area contributed by atoms with E-state index < -0.39 is 11.1 Å². The summed E-state index contributed by atoms with van der Waals surface area (Å²) in [5.41, 5.74) is -1.23. The first kappa shape index (κ1) is 13.9. The molecule has 1 aromatic heterocycles. The molecule has 0 aliphatic rings. The minimum atomic E-state index is -0.869. The van der Waals surface area contributed by atoms with Gasteiger partial charge in [0, 0.05) is 11.9 Å². The van der Waals surface area contributed by atoms with Crippen LogP contribution in [-0.4, -0.2) is 21.9 Å². The van der Waals surface area contributed by atoms with Crippen molar-refractivity contribution in [2.45, 2.75) is 10.1 Å². The van der Waals surface area contributed by atoms with Crippen LogP contribution in [0.3, 0.4) is 0 Å². The summed E-state index contributed by atoms with van der Waals surface area (Å²) in [6.45, 7) is 0. The molecule has 0 atom stereocenters. The molecule has 102 valence electrons. The smallest absolute Gasteiger partial charge is 0.339 e. The van der Waals surface area contributed by atoms with Crippen molar-refractivity contribution >= 4 is 11.8 Å². The predicted molar refractivity (Wildman–Crippen MR) is 71.9 cm³/mol. The maximum Gasteiger partial charge on any atom is 0.339 e. The molecule has 2 rings (SSSR count). The summed E-state index contributed by atoms with van der Waals surface area (Å²) in [5.74, 6) is 0.584. The van der Waals surface area contributed by atoms with Crippen LogP contribution in [-0.2, 0) is 7.05 Å². The van der Waals surface area contributed by atoms with Crippen LogP contribution in [0.15, 0.2) is 37.8 Å². The van der Waals surface area contributed by atoms with Gasteiger partial charge in [-0.3, -0.25) is 19.4 Å². The highest BCUT2D eigenvalue weighted by Crippen LogP contribution is 2.30. The van der Waals surface area contributed by atoms with Crippen molar-refractivity contribution in [1.29, 1.82) is 5.26 Å². The number of hydrogen-bond acceptors (Lipinski definition) is 6. The van der Waals surface area contributed by atoms with E-state index >= 15 is 0 Å². The zero-order valence-electron chi connectivity index (χ0n) is 10.7. The molecule has 0 saturated carbocycles. The highest BCUT2D eigenvalue weighted by molar-refractivity contribution is 7.99. The third kappa shape index (κ3) is 2.73. The topological polar surface area (TPSA) is 101 Å². The molecule has 0 bridgehead atoms. The molecule has 7 nitrogen and oxygen atoms in total. The number of nitrogens with one attached hydrogen (secondary N) is 1. The van der Waals surface area contributed by atoms with Gasteiger partial charge in [0.05, 0.1) is 12.7 Å². The first-order valence-electron chi connectivity index (χ1n) is 5.48. The molecule has 0 spiro atoms. The number of aromatic amines is 1. The number of benzene rings is 1. The minimum Gasteiger partial charge on any atom is -0.497 e. The second-order valence-corrected chi connectivity index (χ2v) is 4.78. The van der Waals surface area contributed by atoms with E-state index in [-0.39, 0.29) is 5.16 Å². The van der Waals surface area contributed by atoms with Gasteiger partial charge in [-0.05, 0) is 30.0 Å². The molecule has 2 aromatic rings. The Labute approximate surface area is 117 Å². The number of ether oxygens (including phenoxy) is 1. The Morgan fingerprint density at radius 1 is 1.45 bits per heavy atom. The molecular weight excluding hydrogens is 280 g/mol. The van der Waals surface area contributed by atoms with Gasteiger partial charge in [-0.15, -0.1) is 0 Å². The Balaban J connectivity index is 2.49. The van der Waals surface area contributed by atoms with Crippen molar-refractivity contribution in [3.63, 3.8) is 0 Å². The van der Waals surface area contributed by atoms with Crippen molar-refractivity contribution < 1.29 is 4.74 Å². The molecule has 0 unspecified atom stereocenters. The molecule has 20 heavy (non-hydrogen) atoms. The fourth-order valence-corrected chi connectivity index (χ4v) is 2.36. The summed E-state index contributed by atoms with van der Waals surface area (Å²) in [6.07, 6.45) is 0. The van der Waals surface area contributed by atoms with Crippen molar-refractivity contribution in [1.82, 2.24) is 14.8 Å². The number of nitriles is 1. The lowest BCUT2D eigenvalue weighted by molar-refractivity contribution is 0.413. The van der Waals surface area contributed by atoms with Crippen LogP contribution >= 0.6 is 11.8 Å². The van der Waals surface area contributed by atoms with Crippen LogP contribution in [0.25, 0.3) is 0 Å². The number of rotatable bonds is 3. The molecule has 0 radical (unpaired) electrons. The molecule has 0 aliphatic heterocycles. The van der Waals surface area contributed by atoms with Gasteiger partial charge in [0.1, 0.15) is 11.8 Å². The molecule has 0 amide bonds. The van der Waals surface area contributed by atoms with Gasteiger partial charge >= 0.3 is 11.1 Å². The van der Waals surface area contributed by atoms with Gasteiger partial charge in [0.15, 0.2) is 5.16 Å². The largest absolute Gasteiger partial charge is 0.497 e. The Kier molecular flexibility index (Phi) is 3.91. The zero-order valence-corrected chi connectivity index (χ0v) is 11.5. The Bertz CT molecular complexity index is 804. The van der Waals surface area contributed by atoms with Crippen LogP contribution < -0.4 is 15.9 Å². The summed E-state index contributed by atoms with van der Waals surface area (Å²) >= 11 is 1.10. The van der Waals surface area contributed by atoms with Gasteiger partial charge < -0.3 is 4.74 Å². The van der Waals surface area contributed by atoms with Crippen LogP contribution in [0.4, 0.5) is 0 Å². The molecular formula is C12H10N4O3S. The minimum absolute atomic E-state index is 0.277. The van der Waals surface area contributed by atoms with E-state index in [1.54, 1.807) is 25.2 Å². The number of hydrogen-bond donors (Lipinski definition) is 1. The zero-order chi connectivity index (χ0) is 14.7. The van der Waals surface area contributed by atoms with Gasteiger partial charge in [-0.1, -0.05) is 0 Å². The van der Waals surface area contributed by atoms with Crippen molar-refractivity contribution in [3.05, 3.63) is 44.5 Å². The van der Waals surface area contributed by atoms with Gasteiger partial charge in [-0.2, -0.15) is 10.2 Å². The molecule has 8 heteroatoms. The average molecular weight is 290 g/mol. The van der Waals surface area contributed by atoms with E-state index in [1.807, 2.05) is 6.07 Å². The van der Waals surface area contributed by atoms with E-state index in [9.17, 15) is 9.59 Å². The van der Waals surface area contributed by atoms with Crippen LogP contribution in [0.5, 0.6) is 5.75 Å². The van der Waals surface area contributed by atoms with Crippen LogP contribution in [0.1, 0.15) is 5.56 Å². The van der Waals surface area contributed by atoms with Crippen LogP contribution in [0, 0.1) is 11.3 Å². The van der Waals surface area contributed by atoms with E-state index in [0.29, 0.717) is 16.2 Å². The lowest BCUT2D eigenvalue weighted by atomic mass is 10.2. The lowest BCUT2D eigenvalue weighted by Crippen LogP contribution is -2.33. The average Bonchev–Trinajstić information content (AvgIpc) is 2.44. The first-order valence-corrected chi connectivity index (χ1v) is 6.30. The van der Waals surface area contributed by atoms with E-state index in [2.05, 4.69) is 10.1 Å². The fraction of sp³-hybridized carbons (Fsp3) is 0.167. The lowest BCUT2D eigenvalue weighted by Gasteiger charge is -2.08. The van der Waals surface area contributed by atoms with Crippen molar-refractivity contribution in [2.75, 3.05) is 7.11 Å². The molecule has 1 aromatic carbocycles. The third-order valence-electron chi connectivity index (χ3n) is 2.46. The Hall–Kier alpha value is -2.53. The predicted octanol–water partition coefficient (Wildman–Crippen LogP) is 0.500. The molecule has 1 N–H and O–H groups in total. The van der Waals surface area contributed by atoms with Gasteiger partial charge in [0.25, 0.3) is 0 Å². The van der Waals surface area contributed by atoms with E-state index in [1.165, 1.54) is 11.8 Å². The van der Waals surface area contributed by atoms with Gasteiger partial charge in [0.2, 0.25) is 0 Å². The monoisotopic (exact) mass is 290 g/mol. The maximum atomic E-state index is 11.3. The molecule has 0 fully saturated rings. The number of aromatic nitrogens is 3. The highest BCUT2D eigenvalue weighted by Gasteiger charge is 2.10. The highest BCUT2D eigenvalue weighted by atomic mass is 32.2. The quantitative estimate of drug-likeness (QED) is 0.826. The Morgan fingerprint density at radius 3 is 2.85 bits per heavy atom. The Morgan fingerprint density at radius 2 is 2.20 bits per heavy atom. The number of nitrogens with zero attached hydrogens (tertiary/aromatic N) is 3. The van der Waals surface area contributed by atoms with Crippen LogP contribution in [0.2, 0.25) is 0 Å². The molecule has 0 saturated heterocycles. The SMILES string of the molecule is COc1ccc(C#N)c(Sc2nc(=O)c(=O)[nH]n2C)c1. The van der Waals surface area contributed by atoms with Gasteiger partial charge in [-0.25, -0.2) is 0 Å². The number of H-pyrrole nitrogens is 1. The molecule has 0 aliphatic carbocycles. The standard InChI is InChI=1S/C12H10N4O3S/c1-16-12(14-10(17)11(18)15-16)20-9-5-8(19-2)4-3-7(9)6-13/h3-5H,1-2H3,(H,15,18). The second-order valence-electron chi connectivity index (χ2n) is 3.78. The van der Waals surface area contributed by atoms with Crippen molar-refractivity contribution in [2.24, 2.45) is 7.05 Å². The summed E-state index contributed by atoms with van der Waals surface area (Å²) in [7, 11) is 3.08. The van der Waals surface area contributed by atoms with Crippen molar-refractivity contribution in [3.8, 4) is 11.8 Å². The maximum absolute atomic E-state index is 11.3. The third-order valence-corrected chi connectivity index (χ3v) is 3.56. The summed E-state index contributed by atoms with van der Waals surface area (Å²) in [6, 6.07) is 7.00. The first-order chi connectivity index (χ1) is 9.55. The fourth-order valence-electron chi connectivity index (χ4n) is 1.46. The summed E-state index contributed by atoms with van der Waals surface area (Å²) in [4.78, 5) is 26.7. The molecule has 1 heterocycles. The second kappa shape index (κ2) is 5.63. The van der Waals surface area contributed by atoms with E-state index in [4.69, 9.17) is 10.00 Å². The number of methoxy groups -OCH3 is 1.